The molecule has 104 valence electrons. The Morgan fingerprint density at radius 3 is 2.00 bits per heavy atom. The number of benzene rings is 2. The smallest absolute Gasteiger partial charge is 0.0482 e. The van der Waals surface area contributed by atoms with Gasteiger partial charge in [0.2, 0.25) is 0 Å². The molecule has 0 spiro atoms. The Labute approximate surface area is 128 Å². The Hall–Kier alpha value is -1.26. The zero-order chi connectivity index (χ0) is 14.1. The van der Waals surface area contributed by atoms with E-state index in [0.717, 1.165) is 17.7 Å². The summed E-state index contributed by atoms with van der Waals surface area (Å²) >= 11 is 12.1. The van der Waals surface area contributed by atoms with Gasteiger partial charge in [-0.3, -0.25) is 0 Å². The van der Waals surface area contributed by atoms with E-state index in [1.807, 2.05) is 36.4 Å². The van der Waals surface area contributed by atoms with E-state index in [4.69, 9.17) is 28.9 Å². The molecule has 4 N–H and O–H groups in total. The van der Waals surface area contributed by atoms with Gasteiger partial charge in [0.1, 0.15) is 0 Å². The number of rotatable bonds is 2. The van der Waals surface area contributed by atoms with Crippen molar-refractivity contribution >= 4 is 28.9 Å². The second-order valence-electron chi connectivity index (χ2n) is 5.00. The largest absolute Gasteiger partial charge is 0.399 e. The van der Waals surface area contributed by atoms with E-state index in [0.29, 0.717) is 10.0 Å². The third-order valence-electron chi connectivity index (χ3n) is 3.53. The van der Waals surface area contributed by atoms with Crippen molar-refractivity contribution in [3.05, 3.63) is 63.6 Å². The van der Waals surface area contributed by atoms with Gasteiger partial charge in [-0.2, -0.15) is 0 Å². The van der Waals surface area contributed by atoms with Crippen LogP contribution in [0.3, 0.4) is 0 Å². The molecule has 0 aromatic heterocycles. The average molecular weight is 308 g/mol. The van der Waals surface area contributed by atoms with Crippen molar-refractivity contribution in [2.75, 3.05) is 5.73 Å². The fraction of sp³-hybridized carbons (Fsp3) is 0.200. The predicted octanol–water partition coefficient (Wildman–Crippen LogP) is 3.86. The van der Waals surface area contributed by atoms with E-state index in [1.54, 1.807) is 6.07 Å². The number of hydrogen-bond donors (Lipinski definition) is 3. The fourth-order valence-electron chi connectivity index (χ4n) is 2.50. The molecule has 2 unspecified atom stereocenters. The minimum absolute atomic E-state index is 0.189. The summed E-state index contributed by atoms with van der Waals surface area (Å²) in [6.07, 6.45) is 0.931. The van der Waals surface area contributed by atoms with E-state index in [-0.39, 0.29) is 12.1 Å². The monoisotopic (exact) mass is 307 g/mol. The molecule has 5 heteroatoms. The Morgan fingerprint density at radius 2 is 1.40 bits per heavy atom. The van der Waals surface area contributed by atoms with Crippen LogP contribution in [0.2, 0.25) is 10.0 Å². The van der Waals surface area contributed by atoms with E-state index >= 15 is 0 Å². The highest BCUT2D eigenvalue weighted by Crippen LogP contribution is 2.33. The maximum absolute atomic E-state index is 6.05. The molecular formula is C15H15Cl2N3. The number of anilines is 1. The number of nitrogens with one attached hydrogen (secondary N) is 2. The molecule has 0 aliphatic carbocycles. The number of nitrogen functional groups attached to an aromatic ring is 1. The Bertz CT molecular complexity index is 593. The third-order valence-corrected chi connectivity index (χ3v) is 3.97. The van der Waals surface area contributed by atoms with Crippen LogP contribution in [0, 0.1) is 0 Å². The lowest BCUT2D eigenvalue weighted by Gasteiger charge is -2.11. The van der Waals surface area contributed by atoms with Crippen LogP contribution in [-0.4, -0.2) is 0 Å². The van der Waals surface area contributed by atoms with E-state index < -0.39 is 0 Å². The van der Waals surface area contributed by atoms with Crippen molar-refractivity contribution in [2.24, 2.45) is 0 Å². The highest BCUT2D eigenvalue weighted by molar-refractivity contribution is 6.34. The van der Waals surface area contributed by atoms with Crippen molar-refractivity contribution in [3.63, 3.8) is 0 Å². The highest BCUT2D eigenvalue weighted by atomic mass is 35.5. The number of hydrazine groups is 1. The number of hydrogen-bond acceptors (Lipinski definition) is 3. The predicted molar refractivity (Wildman–Crippen MR) is 83.7 cm³/mol. The molecule has 0 bridgehead atoms. The first-order valence-electron chi connectivity index (χ1n) is 6.44. The topological polar surface area (TPSA) is 50.1 Å². The van der Waals surface area contributed by atoms with Crippen molar-refractivity contribution in [2.45, 2.75) is 18.5 Å². The van der Waals surface area contributed by atoms with Gasteiger partial charge in [-0.25, -0.2) is 10.9 Å². The first-order valence-corrected chi connectivity index (χ1v) is 7.20. The fourth-order valence-corrected chi connectivity index (χ4v) is 3.04. The maximum Gasteiger partial charge on any atom is 0.0482 e. The quantitative estimate of drug-likeness (QED) is 0.739. The zero-order valence-corrected chi connectivity index (χ0v) is 12.2. The lowest BCUT2D eigenvalue weighted by molar-refractivity contribution is 0.555. The summed E-state index contributed by atoms with van der Waals surface area (Å²) in [6, 6.07) is 14.0. The van der Waals surface area contributed by atoms with Crippen LogP contribution in [0.1, 0.15) is 29.6 Å². The van der Waals surface area contributed by atoms with Gasteiger partial charge in [0.05, 0.1) is 0 Å². The van der Waals surface area contributed by atoms with Gasteiger partial charge in [-0.15, -0.1) is 0 Å². The molecule has 1 saturated heterocycles. The molecule has 2 aromatic rings. The van der Waals surface area contributed by atoms with Gasteiger partial charge in [-0.05, 0) is 47.9 Å². The van der Waals surface area contributed by atoms with Crippen molar-refractivity contribution in [1.82, 2.24) is 10.9 Å². The summed E-state index contributed by atoms with van der Waals surface area (Å²) < 4.78 is 0. The standard InChI is InChI=1S/C15H15Cl2N3/c16-11-5-10(6-12(17)7-11)15-8-14(19-20-15)9-1-3-13(18)4-2-9/h1-7,14-15,19-20H,8,18H2. The van der Waals surface area contributed by atoms with Crippen molar-refractivity contribution in [3.8, 4) is 0 Å². The summed E-state index contributed by atoms with van der Waals surface area (Å²) in [5.74, 6) is 0. The first kappa shape index (κ1) is 13.7. The summed E-state index contributed by atoms with van der Waals surface area (Å²) in [5, 5.41) is 1.32. The summed E-state index contributed by atoms with van der Waals surface area (Å²) in [4.78, 5) is 0. The first-order chi connectivity index (χ1) is 9.61. The number of halogens is 2. The van der Waals surface area contributed by atoms with Gasteiger partial charge in [0, 0.05) is 27.8 Å². The van der Waals surface area contributed by atoms with Crippen LogP contribution in [0.25, 0.3) is 0 Å². The molecule has 0 saturated carbocycles. The van der Waals surface area contributed by atoms with E-state index in [2.05, 4.69) is 10.9 Å². The molecule has 3 nitrogen and oxygen atoms in total. The highest BCUT2D eigenvalue weighted by Gasteiger charge is 2.26. The van der Waals surface area contributed by atoms with Crippen molar-refractivity contribution in [1.29, 1.82) is 0 Å². The maximum atomic E-state index is 6.05. The van der Waals surface area contributed by atoms with Gasteiger partial charge in [0.15, 0.2) is 0 Å². The summed E-state index contributed by atoms with van der Waals surface area (Å²) in [6.45, 7) is 0. The van der Waals surface area contributed by atoms with Gasteiger partial charge >= 0.3 is 0 Å². The Kier molecular flexibility index (Phi) is 3.85. The van der Waals surface area contributed by atoms with Crippen molar-refractivity contribution < 1.29 is 0 Å². The zero-order valence-electron chi connectivity index (χ0n) is 10.7. The third kappa shape index (κ3) is 2.91. The Balaban J connectivity index is 1.77. The molecule has 0 amide bonds. The summed E-state index contributed by atoms with van der Waals surface area (Å²) in [5.41, 5.74) is 15.4. The van der Waals surface area contributed by atoms with Gasteiger partial charge < -0.3 is 5.73 Å². The summed E-state index contributed by atoms with van der Waals surface area (Å²) in [7, 11) is 0. The van der Waals surface area contributed by atoms with Crippen LogP contribution in [-0.2, 0) is 0 Å². The minimum atomic E-state index is 0.189. The lowest BCUT2D eigenvalue weighted by atomic mass is 9.97. The Morgan fingerprint density at radius 1 is 0.850 bits per heavy atom. The lowest BCUT2D eigenvalue weighted by Crippen LogP contribution is -2.26. The molecule has 1 aliphatic heterocycles. The molecule has 1 heterocycles. The van der Waals surface area contributed by atoms with E-state index in [1.165, 1.54) is 5.56 Å². The van der Waals surface area contributed by atoms with Crippen LogP contribution in [0.15, 0.2) is 42.5 Å². The average Bonchev–Trinajstić information content (AvgIpc) is 2.88. The molecule has 0 radical (unpaired) electrons. The molecule has 2 aromatic carbocycles. The van der Waals surface area contributed by atoms with Crippen LogP contribution in [0.4, 0.5) is 5.69 Å². The molecule has 3 rings (SSSR count). The molecule has 20 heavy (non-hydrogen) atoms. The molecule has 2 atom stereocenters. The van der Waals surface area contributed by atoms with Crippen LogP contribution < -0.4 is 16.6 Å². The van der Waals surface area contributed by atoms with Gasteiger partial charge in [-0.1, -0.05) is 35.3 Å². The SMILES string of the molecule is Nc1ccc(C2CC(c3cc(Cl)cc(Cl)c3)NN2)cc1. The minimum Gasteiger partial charge on any atom is -0.399 e. The second kappa shape index (κ2) is 5.62. The molecule has 1 fully saturated rings. The second-order valence-corrected chi connectivity index (χ2v) is 5.87. The molecular weight excluding hydrogens is 293 g/mol. The normalized spacial score (nSPS) is 22.1. The number of nitrogens with two attached hydrogens (primary N) is 1. The molecule has 1 aliphatic rings. The van der Waals surface area contributed by atoms with E-state index in [9.17, 15) is 0 Å². The van der Waals surface area contributed by atoms with Crippen LogP contribution >= 0.6 is 23.2 Å². The van der Waals surface area contributed by atoms with Crippen LogP contribution in [0.5, 0.6) is 0 Å². The van der Waals surface area contributed by atoms with Gasteiger partial charge in [0.25, 0.3) is 0 Å².